The van der Waals surface area contributed by atoms with Crippen LogP contribution in [0.15, 0.2) is 4.52 Å². The number of hydrogen-bond acceptors (Lipinski definition) is 6. The highest BCUT2D eigenvalue weighted by Gasteiger charge is 2.40. The van der Waals surface area contributed by atoms with Crippen LogP contribution in [0.5, 0.6) is 0 Å². The molecule has 2 saturated heterocycles. The van der Waals surface area contributed by atoms with E-state index in [1.807, 2.05) is 6.92 Å². The Morgan fingerprint density at radius 2 is 2.26 bits per heavy atom. The lowest BCUT2D eigenvalue weighted by atomic mass is 9.93. The van der Waals surface area contributed by atoms with Crippen molar-refractivity contribution < 1.29 is 14.0 Å². The number of nitrogens with zero attached hydrogens (tertiary/aromatic N) is 2. The molecule has 0 aromatic carbocycles. The van der Waals surface area contributed by atoms with E-state index in [4.69, 9.17) is 14.0 Å². The minimum atomic E-state index is -0.423. The van der Waals surface area contributed by atoms with Crippen molar-refractivity contribution in [2.75, 3.05) is 26.4 Å². The summed E-state index contributed by atoms with van der Waals surface area (Å²) >= 11 is 0. The van der Waals surface area contributed by atoms with Gasteiger partial charge >= 0.3 is 0 Å². The fourth-order valence-electron chi connectivity index (χ4n) is 2.87. The monoisotopic (exact) mass is 267 g/mol. The van der Waals surface area contributed by atoms with Crippen molar-refractivity contribution in [2.24, 2.45) is 0 Å². The molecule has 1 aromatic heterocycles. The Balaban J connectivity index is 1.81. The van der Waals surface area contributed by atoms with E-state index in [1.165, 1.54) is 0 Å². The van der Waals surface area contributed by atoms with Crippen molar-refractivity contribution in [1.29, 1.82) is 0 Å². The van der Waals surface area contributed by atoms with Gasteiger partial charge in [0.05, 0.1) is 6.04 Å². The van der Waals surface area contributed by atoms with Crippen LogP contribution in [-0.4, -0.2) is 36.5 Å². The van der Waals surface area contributed by atoms with Crippen molar-refractivity contribution in [1.82, 2.24) is 15.5 Å². The van der Waals surface area contributed by atoms with Crippen LogP contribution < -0.4 is 5.32 Å². The Labute approximate surface area is 112 Å². The maximum Gasteiger partial charge on any atom is 0.243 e. The molecule has 106 valence electrons. The second-order valence-electron chi connectivity index (χ2n) is 5.14. The molecule has 2 aliphatic rings. The smallest absolute Gasteiger partial charge is 0.243 e. The Morgan fingerprint density at radius 1 is 1.42 bits per heavy atom. The Morgan fingerprint density at radius 3 is 2.95 bits per heavy atom. The van der Waals surface area contributed by atoms with Gasteiger partial charge < -0.3 is 19.3 Å². The lowest BCUT2D eigenvalue weighted by Crippen LogP contribution is -2.37. The van der Waals surface area contributed by atoms with Gasteiger partial charge in [-0.25, -0.2) is 0 Å². The maximum atomic E-state index is 5.95. The fraction of sp³-hybridized carbons (Fsp3) is 0.846. The third-order valence-corrected chi connectivity index (χ3v) is 3.93. The van der Waals surface area contributed by atoms with Gasteiger partial charge in [0, 0.05) is 32.7 Å². The number of hydrogen-bond donors (Lipinski definition) is 1. The van der Waals surface area contributed by atoms with Crippen LogP contribution in [0.1, 0.15) is 50.4 Å². The lowest BCUT2D eigenvalue weighted by molar-refractivity contribution is -0.118. The SMILES string of the molecule is CCOC1(c2noc([C@H]3CCCN3)n2)CCOCC1. The molecule has 6 heteroatoms. The van der Waals surface area contributed by atoms with E-state index in [1.54, 1.807) is 0 Å². The van der Waals surface area contributed by atoms with Crippen LogP contribution in [0.3, 0.4) is 0 Å². The van der Waals surface area contributed by atoms with Crippen molar-refractivity contribution in [2.45, 2.75) is 44.2 Å². The molecule has 0 unspecified atom stereocenters. The van der Waals surface area contributed by atoms with Gasteiger partial charge in [0.25, 0.3) is 0 Å². The predicted octanol–water partition coefficient (Wildman–Crippen LogP) is 1.54. The van der Waals surface area contributed by atoms with Gasteiger partial charge in [0.2, 0.25) is 11.7 Å². The molecule has 1 aromatic rings. The molecule has 1 N–H and O–H groups in total. The highest BCUT2D eigenvalue weighted by molar-refractivity contribution is 5.05. The fourth-order valence-corrected chi connectivity index (χ4v) is 2.87. The molecule has 0 spiro atoms. The van der Waals surface area contributed by atoms with Crippen LogP contribution in [0.2, 0.25) is 0 Å². The molecule has 2 aliphatic heterocycles. The van der Waals surface area contributed by atoms with E-state index in [0.29, 0.717) is 31.5 Å². The first-order valence-corrected chi connectivity index (χ1v) is 7.13. The normalized spacial score (nSPS) is 26.7. The Hall–Kier alpha value is -0.980. The molecule has 0 aliphatic carbocycles. The summed E-state index contributed by atoms with van der Waals surface area (Å²) in [4.78, 5) is 4.59. The first-order chi connectivity index (χ1) is 9.34. The average molecular weight is 267 g/mol. The first-order valence-electron chi connectivity index (χ1n) is 7.13. The minimum absolute atomic E-state index is 0.208. The summed E-state index contributed by atoms with van der Waals surface area (Å²) in [6, 6.07) is 0.208. The molecule has 3 rings (SSSR count). The Kier molecular flexibility index (Phi) is 3.81. The molecule has 0 bridgehead atoms. The Bertz CT molecular complexity index is 404. The van der Waals surface area contributed by atoms with Crippen LogP contribution in [0.25, 0.3) is 0 Å². The molecular weight excluding hydrogens is 246 g/mol. The van der Waals surface area contributed by atoms with Crippen LogP contribution in [0, 0.1) is 0 Å². The van der Waals surface area contributed by atoms with Crippen LogP contribution in [0.4, 0.5) is 0 Å². The lowest BCUT2D eigenvalue weighted by Gasteiger charge is -2.33. The molecule has 3 heterocycles. The second-order valence-corrected chi connectivity index (χ2v) is 5.14. The van der Waals surface area contributed by atoms with Crippen LogP contribution in [-0.2, 0) is 15.1 Å². The van der Waals surface area contributed by atoms with Crippen molar-refractivity contribution in [3.05, 3.63) is 11.7 Å². The van der Waals surface area contributed by atoms with Gasteiger partial charge in [0.15, 0.2) is 0 Å². The van der Waals surface area contributed by atoms with Gasteiger partial charge in [-0.2, -0.15) is 4.98 Å². The standard InChI is InChI=1S/C13H21N3O3/c1-2-18-13(5-8-17-9-6-13)12-15-11(19-16-12)10-4-3-7-14-10/h10,14H,2-9H2,1H3/t10-/m1/s1. The summed E-state index contributed by atoms with van der Waals surface area (Å²) in [6.45, 7) is 5.03. The zero-order valence-electron chi connectivity index (χ0n) is 11.4. The average Bonchev–Trinajstić information content (AvgIpc) is 3.11. The van der Waals surface area contributed by atoms with Gasteiger partial charge in [-0.3, -0.25) is 0 Å². The molecule has 0 radical (unpaired) electrons. The first kappa shape index (κ1) is 13.0. The molecule has 6 nitrogen and oxygen atoms in total. The quantitative estimate of drug-likeness (QED) is 0.892. The summed E-state index contributed by atoms with van der Waals surface area (Å²) in [6.07, 6.45) is 3.80. The summed E-state index contributed by atoms with van der Waals surface area (Å²) < 4.78 is 16.8. The topological polar surface area (TPSA) is 69.4 Å². The van der Waals surface area contributed by atoms with Gasteiger partial charge in [-0.1, -0.05) is 5.16 Å². The van der Waals surface area contributed by atoms with E-state index >= 15 is 0 Å². The van der Waals surface area contributed by atoms with Crippen molar-refractivity contribution in [3.8, 4) is 0 Å². The largest absolute Gasteiger partial charge is 0.381 e. The van der Waals surface area contributed by atoms with Crippen LogP contribution >= 0.6 is 0 Å². The van der Waals surface area contributed by atoms with Gasteiger partial charge in [-0.05, 0) is 26.3 Å². The van der Waals surface area contributed by atoms with Gasteiger partial charge in [0.1, 0.15) is 5.60 Å². The number of rotatable bonds is 4. The van der Waals surface area contributed by atoms with E-state index in [-0.39, 0.29) is 6.04 Å². The van der Waals surface area contributed by atoms with E-state index in [0.717, 1.165) is 32.2 Å². The minimum Gasteiger partial charge on any atom is -0.381 e. The molecule has 2 fully saturated rings. The molecule has 0 amide bonds. The molecular formula is C13H21N3O3. The second kappa shape index (κ2) is 5.56. The zero-order valence-corrected chi connectivity index (χ0v) is 11.4. The third-order valence-electron chi connectivity index (χ3n) is 3.93. The summed E-state index contributed by atoms with van der Waals surface area (Å²) in [5.41, 5.74) is -0.423. The van der Waals surface area contributed by atoms with Crippen molar-refractivity contribution >= 4 is 0 Å². The summed E-state index contributed by atoms with van der Waals surface area (Å²) in [7, 11) is 0. The predicted molar refractivity (Wildman–Crippen MR) is 67.6 cm³/mol. The molecule has 0 saturated carbocycles. The molecule has 19 heavy (non-hydrogen) atoms. The van der Waals surface area contributed by atoms with E-state index < -0.39 is 5.60 Å². The number of aromatic nitrogens is 2. The third kappa shape index (κ3) is 2.52. The van der Waals surface area contributed by atoms with Gasteiger partial charge in [-0.15, -0.1) is 0 Å². The summed E-state index contributed by atoms with van der Waals surface area (Å²) in [5, 5.41) is 7.54. The highest BCUT2D eigenvalue weighted by atomic mass is 16.5. The highest BCUT2D eigenvalue weighted by Crippen LogP contribution is 2.35. The van der Waals surface area contributed by atoms with E-state index in [9.17, 15) is 0 Å². The number of nitrogens with one attached hydrogen (secondary N) is 1. The summed E-state index contributed by atoms with van der Waals surface area (Å²) in [5.74, 6) is 1.37. The maximum absolute atomic E-state index is 5.95. The van der Waals surface area contributed by atoms with E-state index in [2.05, 4.69) is 15.5 Å². The molecule has 1 atom stereocenters. The van der Waals surface area contributed by atoms with Crippen molar-refractivity contribution in [3.63, 3.8) is 0 Å². The number of ether oxygens (including phenoxy) is 2. The zero-order chi connectivity index (χ0) is 13.1.